The van der Waals surface area contributed by atoms with Crippen molar-refractivity contribution in [2.45, 2.75) is 6.54 Å². The molecule has 78 valence electrons. The van der Waals surface area contributed by atoms with Crippen LogP contribution in [0.2, 0.25) is 0 Å². The van der Waals surface area contributed by atoms with Crippen LogP contribution >= 0.6 is 0 Å². The van der Waals surface area contributed by atoms with Gasteiger partial charge in [-0.1, -0.05) is 0 Å². The molecule has 0 fully saturated rings. The maximum atomic E-state index is 12.5. The van der Waals surface area contributed by atoms with Crippen molar-refractivity contribution in [1.29, 1.82) is 0 Å². The average Bonchev–Trinajstić information content (AvgIpc) is 2.63. The van der Waals surface area contributed by atoms with Gasteiger partial charge >= 0.3 is 0 Å². The summed E-state index contributed by atoms with van der Waals surface area (Å²) in [6.45, 7) is 0.509. The molecule has 6 heteroatoms. The van der Waals surface area contributed by atoms with E-state index >= 15 is 0 Å². The summed E-state index contributed by atoms with van der Waals surface area (Å²) >= 11 is 0. The van der Waals surface area contributed by atoms with E-state index in [1.54, 1.807) is 6.20 Å². The Labute approximate surface area is 86.0 Å². The molecule has 0 amide bonds. The average molecular weight is 207 g/mol. The number of aryl methyl sites for hydroxylation is 1. The van der Waals surface area contributed by atoms with Crippen LogP contribution in [0, 0.1) is 5.82 Å². The van der Waals surface area contributed by atoms with Crippen LogP contribution in [0.5, 0.6) is 0 Å². The molecule has 0 bridgehead atoms. The largest absolute Gasteiger partial charge is 0.347 e. The minimum atomic E-state index is -0.447. The molecular formula is C9H10FN5. The molecule has 0 aliphatic heterocycles. The molecule has 2 heterocycles. The van der Waals surface area contributed by atoms with Crippen LogP contribution in [-0.4, -0.2) is 19.5 Å². The highest BCUT2D eigenvalue weighted by Crippen LogP contribution is 2.01. The normalized spacial score (nSPS) is 10.3. The number of nitrogens with one attached hydrogen (secondary N) is 1. The molecule has 1 N–H and O–H groups in total. The number of rotatable bonds is 3. The van der Waals surface area contributed by atoms with Gasteiger partial charge in [-0.3, -0.25) is 0 Å². The van der Waals surface area contributed by atoms with E-state index in [9.17, 15) is 4.39 Å². The van der Waals surface area contributed by atoms with Crippen LogP contribution in [-0.2, 0) is 13.6 Å². The Morgan fingerprint density at radius 1 is 1.33 bits per heavy atom. The molecule has 0 radical (unpaired) electrons. The molecule has 0 atom stereocenters. The van der Waals surface area contributed by atoms with Crippen LogP contribution in [0.3, 0.4) is 0 Å². The molecule has 0 saturated heterocycles. The maximum absolute atomic E-state index is 12.5. The van der Waals surface area contributed by atoms with Crippen LogP contribution < -0.4 is 5.32 Å². The van der Waals surface area contributed by atoms with Crippen LogP contribution in [0.1, 0.15) is 5.82 Å². The molecule has 2 aromatic heterocycles. The van der Waals surface area contributed by atoms with Crippen LogP contribution in [0.4, 0.5) is 10.3 Å². The Morgan fingerprint density at radius 2 is 2.07 bits per heavy atom. The highest BCUT2D eigenvalue weighted by molar-refractivity contribution is 5.22. The van der Waals surface area contributed by atoms with Gasteiger partial charge < -0.3 is 9.88 Å². The van der Waals surface area contributed by atoms with Crippen molar-refractivity contribution in [3.05, 3.63) is 36.4 Å². The van der Waals surface area contributed by atoms with Gasteiger partial charge in [0.1, 0.15) is 5.82 Å². The SMILES string of the molecule is Cn1ccnc1CNc1ncc(F)cn1. The first-order valence-corrected chi connectivity index (χ1v) is 4.43. The van der Waals surface area contributed by atoms with Gasteiger partial charge in [-0.15, -0.1) is 0 Å². The molecule has 2 aromatic rings. The van der Waals surface area contributed by atoms with Gasteiger partial charge in [-0.2, -0.15) is 0 Å². The van der Waals surface area contributed by atoms with E-state index in [2.05, 4.69) is 20.3 Å². The van der Waals surface area contributed by atoms with Crippen molar-refractivity contribution in [2.75, 3.05) is 5.32 Å². The first-order valence-electron chi connectivity index (χ1n) is 4.43. The Morgan fingerprint density at radius 3 is 2.67 bits per heavy atom. The summed E-state index contributed by atoms with van der Waals surface area (Å²) in [5.74, 6) is 0.805. The summed E-state index contributed by atoms with van der Waals surface area (Å²) in [6, 6.07) is 0. The second-order valence-electron chi connectivity index (χ2n) is 3.03. The predicted molar refractivity (Wildman–Crippen MR) is 52.5 cm³/mol. The third kappa shape index (κ3) is 2.28. The minimum absolute atomic E-state index is 0.388. The van der Waals surface area contributed by atoms with E-state index in [0.29, 0.717) is 12.5 Å². The summed E-state index contributed by atoms with van der Waals surface area (Å²) in [4.78, 5) is 11.7. The van der Waals surface area contributed by atoms with Crippen LogP contribution in [0.15, 0.2) is 24.8 Å². The fraction of sp³-hybridized carbons (Fsp3) is 0.222. The quantitative estimate of drug-likeness (QED) is 0.814. The topological polar surface area (TPSA) is 55.6 Å². The van der Waals surface area contributed by atoms with Gasteiger partial charge in [0.05, 0.1) is 18.9 Å². The third-order valence-corrected chi connectivity index (χ3v) is 1.95. The van der Waals surface area contributed by atoms with Gasteiger partial charge in [0.25, 0.3) is 0 Å². The summed E-state index contributed by atoms with van der Waals surface area (Å²) < 4.78 is 14.4. The Bertz CT molecular complexity index is 436. The lowest BCUT2D eigenvalue weighted by molar-refractivity contribution is 0.614. The van der Waals surface area contributed by atoms with E-state index in [0.717, 1.165) is 18.2 Å². The molecular weight excluding hydrogens is 197 g/mol. The Balaban J connectivity index is 1.99. The Kier molecular flexibility index (Phi) is 2.57. The first kappa shape index (κ1) is 9.57. The maximum Gasteiger partial charge on any atom is 0.223 e. The lowest BCUT2D eigenvalue weighted by atomic mass is 10.5. The zero-order valence-electron chi connectivity index (χ0n) is 8.18. The fourth-order valence-electron chi connectivity index (χ4n) is 1.13. The van der Waals surface area contributed by atoms with Gasteiger partial charge in [-0.25, -0.2) is 19.3 Å². The summed E-state index contributed by atoms with van der Waals surface area (Å²) in [6.07, 6.45) is 5.80. The van der Waals surface area contributed by atoms with Gasteiger partial charge in [0, 0.05) is 19.4 Å². The number of anilines is 1. The zero-order chi connectivity index (χ0) is 10.7. The van der Waals surface area contributed by atoms with Gasteiger partial charge in [0.2, 0.25) is 5.95 Å². The molecule has 0 saturated carbocycles. The van der Waals surface area contributed by atoms with E-state index in [1.807, 2.05) is 17.8 Å². The molecule has 5 nitrogen and oxygen atoms in total. The summed E-state index contributed by atoms with van der Waals surface area (Å²) in [5.41, 5.74) is 0. The molecule has 0 spiro atoms. The number of aromatic nitrogens is 4. The number of hydrogen-bond donors (Lipinski definition) is 1. The lowest BCUT2D eigenvalue weighted by Crippen LogP contribution is -2.07. The monoisotopic (exact) mass is 207 g/mol. The summed E-state index contributed by atoms with van der Waals surface area (Å²) in [7, 11) is 1.90. The molecule has 0 aliphatic rings. The third-order valence-electron chi connectivity index (χ3n) is 1.95. The zero-order valence-corrected chi connectivity index (χ0v) is 8.18. The number of hydrogen-bond acceptors (Lipinski definition) is 4. The highest BCUT2D eigenvalue weighted by Gasteiger charge is 2.00. The first-order chi connectivity index (χ1) is 7.25. The van der Waals surface area contributed by atoms with Crippen LogP contribution in [0.25, 0.3) is 0 Å². The highest BCUT2D eigenvalue weighted by atomic mass is 19.1. The lowest BCUT2D eigenvalue weighted by Gasteiger charge is -2.03. The minimum Gasteiger partial charge on any atom is -0.347 e. The number of imidazole rings is 1. The molecule has 0 unspecified atom stereocenters. The second kappa shape index (κ2) is 4.04. The van der Waals surface area contributed by atoms with E-state index in [1.165, 1.54) is 0 Å². The van der Waals surface area contributed by atoms with Crippen molar-refractivity contribution in [1.82, 2.24) is 19.5 Å². The molecule has 0 aromatic carbocycles. The second-order valence-corrected chi connectivity index (χ2v) is 3.03. The van der Waals surface area contributed by atoms with Crippen molar-refractivity contribution in [3.8, 4) is 0 Å². The van der Waals surface area contributed by atoms with Crippen molar-refractivity contribution >= 4 is 5.95 Å². The van der Waals surface area contributed by atoms with E-state index < -0.39 is 5.82 Å². The van der Waals surface area contributed by atoms with E-state index in [4.69, 9.17) is 0 Å². The van der Waals surface area contributed by atoms with E-state index in [-0.39, 0.29) is 0 Å². The number of halogens is 1. The van der Waals surface area contributed by atoms with Gasteiger partial charge in [0.15, 0.2) is 5.82 Å². The van der Waals surface area contributed by atoms with Crippen molar-refractivity contribution in [2.24, 2.45) is 7.05 Å². The van der Waals surface area contributed by atoms with Crippen molar-refractivity contribution < 1.29 is 4.39 Å². The molecule has 0 aliphatic carbocycles. The molecule has 2 rings (SSSR count). The number of nitrogens with zero attached hydrogens (tertiary/aromatic N) is 4. The molecule has 15 heavy (non-hydrogen) atoms. The standard InChI is InChI=1S/C9H10FN5/c1-15-3-2-11-8(15)6-14-9-12-4-7(10)5-13-9/h2-5H,6H2,1H3,(H,12,13,14). The summed E-state index contributed by atoms with van der Waals surface area (Å²) in [5, 5.41) is 2.94. The predicted octanol–water partition coefficient (Wildman–Crippen LogP) is 0.961. The fourth-order valence-corrected chi connectivity index (χ4v) is 1.13. The smallest absolute Gasteiger partial charge is 0.223 e. The Hall–Kier alpha value is -1.98. The van der Waals surface area contributed by atoms with Gasteiger partial charge in [-0.05, 0) is 0 Å². The van der Waals surface area contributed by atoms with Crippen molar-refractivity contribution in [3.63, 3.8) is 0 Å².